The summed E-state index contributed by atoms with van der Waals surface area (Å²) < 4.78 is 5.72. The van der Waals surface area contributed by atoms with Crippen molar-refractivity contribution in [3.8, 4) is 5.75 Å². The second kappa shape index (κ2) is 7.80. The van der Waals surface area contributed by atoms with Crippen LogP contribution in [0.4, 0.5) is 0 Å². The highest BCUT2D eigenvalue weighted by atomic mass is 28.2. The highest BCUT2D eigenvalue weighted by molar-refractivity contribution is 6.53. The van der Waals surface area contributed by atoms with Gasteiger partial charge in [0, 0.05) is 0 Å². The molecule has 2 aromatic rings. The Kier molecular flexibility index (Phi) is 5.69. The molecule has 0 saturated carbocycles. The molecule has 0 aliphatic carbocycles. The van der Waals surface area contributed by atoms with Crippen LogP contribution in [-0.4, -0.2) is 16.1 Å². The van der Waals surface area contributed by atoms with E-state index in [9.17, 15) is 0 Å². The normalized spacial score (nSPS) is 10.4. The molecule has 0 aromatic heterocycles. The van der Waals surface area contributed by atoms with Gasteiger partial charge in [0.15, 0.2) is 0 Å². The maximum atomic E-state index is 5.72. The molecule has 0 aliphatic heterocycles. The quantitative estimate of drug-likeness (QED) is 0.551. The number of unbranched alkanes of at least 4 members (excludes halogenated alkanes) is 1. The van der Waals surface area contributed by atoms with E-state index in [2.05, 4.69) is 49.4 Å². The molecule has 0 amide bonds. The lowest BCUT2D eigenvalue weighted by Gasteiger charge is -2.06. The van der Waals surface area contributed by atoms with Crippen molar-refractivity contribution in [2.45, 2.75) is 25.8 Å². The average Bonchev–Trinajstić information content (AvgIpc) is 2.46. The van der Waals surface area contributed by atoms with Crippen molar-refractivity contribution in [2.75, 3.05) is 6.61 Å². The van der Waals surface area contributed by atoms with Gasteiger partial charge in [-0.1, -0.05) is 65.7 Å². The van der Waals surface area contributed by atoms with Crippen LogP contribution in [0.2, 0.25) is 6.04 Å². The van der Waals surface area contributed by atoms with E-state index in [1.807, 2.05) is 12.1 Å². The van der Waals surface area contributed by atoms with Crippen LogP contribution in [0, 0.1) is 6.92 Å². The minimum Gasteiger partial charge on any atom is -0.494 e. The third kappa shape index (κ3) is 5.31. The maximum absolute atomic E-state index is 5.72. The van der Waals surface area contributed by atoms with E-state index in [-0.39, 0.29) is 0 Å². The van der Waals surface area contributed by atoms with Gasteiger partial charge in [0.1, 0.15) is 5.75 Å². The van der Waals surface area contributed by atoms with Crippen molar-refractivity contribution in [2.24, 2.45) is 0 Å². The van der Waals surface area contributed by atoms with Crippen LogP contribution in [-0.2, 0) is 0 Å². The van der Waals surface area contributed by atoms with Crippen LogP contribution < -0.4 is 9.92 Å². The fourth-order valence-electron chi connectivity index (χ4n) is 1.84. The van der Waals surface area contributed by atoms with Crippen molar-refractivity contribution < 1.29 is 4.74 Å². The lowest BCUT2D eigenvalue weighted by Crippen LogP contribution is -2.12. The highest BCUT2D eigenvalue weighted by Crippen LogP contribution is 2.11. The Morgan fingerprint density at radius 1 is 0.895 bits per heavy atom. The smallest absolute Gasteiger partial charge is 0.119 e. The summed E-state index contributed by atoms with van der Waals surface area (Å²) in [7, 11) is 0.925. The molecular weight excluding hydrogens is 248 g/mol. The van der Waals surface area contributed by atoms with Crippen molar-refractivity contribution in [1.82, 2.24) is 0 Å². The summed E-state index contributed by atoms with van der Waals surface area (Å²) in [6.07, 6.45) is 2.37. The molecule has 0 unspecified atom stereocenters. The van der Waals surface area contributed by atoms with Gasteiger partial charge in [0.05, 0.1) is 16.1 Å². The van der Waals surface area contributed by atoms with Gasteiger partial charge in [0.25, 0.3) is 0 Å². The van der Waals surface area contributed by atoms with E-state index in [1.54, 1.807) is 0 Å². The third-order valence-electron chi connectivity index (χ3n) is 2.96. The first-order valence-electron chi connectivity index (χ1n) is 6.83. The van der Waals surface area contributed by atoms with E-state index in [1.165, 1.54) is 23.2 Å². The molecule has 2 heteroatoms. The van der Waals surface area contributed by atoms with Crippen LogP contribution in [0.1, 0.15) is 18.4 Å². The first kappa shape index (κ1) is 13.9. The molecule has 2 rings (SSSR count). The van der Waals surface area contributed by atoms with Gasteiger partial charge in [-0.25, -0.2) is 0 Å². The van der Waals surface area contributed by atoms with E-state index in [4.69, 9.17) is 4.74 Å². The van der Waals surface area contributed by atoms with Crippen molar-refractivity contribution in [3.05, 3.63) is 60.2 Å². The Labute approximate surface area is 118 Å². The zero-order chi connectivity index (χ0) is 13.3. The molecule has 0 fully saturated rings. The van der Waals surface area contributed by atoms with E-state index < -0.39 is 0 Å². The van der Waals surface area contributed by atoms with Crippen molar-refractivity contribution >= 4 is 14.7 Å². The molecule has 0 aliphatic rings. The van der Waals surface area contributed by atoms with Crippen LogP contribution in [0.25, 0.3) is 0 Å². The third-order valence-corrected chi connectivity index (χ3v) is 4.31. The lowest BCUT2D eigenvalue weighted by atomic mass is 10.2. The number of ether oxygens (including phenoxy) is 1. The second-order valence-electron chi connectivity index (χ2n) is 4.66. The predicted molar refractivity (Wildman–Crippen MR) is 82.5 cm³/mol. The summed E-state index contributed by atoms with van der Waals surface area (Å²) in [6, 6.07) is 20.2. The van der Waals surface area contributed by atoms with Gasteiger partial charge in [-0.3, -0.25) is 0 Å². The molecule has 0 heterocycles. The Bertz CT molecular complexity index is 464. The van der Waals surface area contributed by atoms with Gasteiger partial charge in [-0.15, -0.1) is 0 Å². The lowest BCUT2D eigenvalue weighted by molar-refractivity contribution is 0.309. The van der Waals surface area contributed by atoms with Crippen LogP contribution in [0.15, 0.2) is 54.6 Å². The van der Waals surface area contributed by atoms with Crippen molar-refractivity contribution in [1.29, 1.82) is 0 Å². The number of aryl methyl sites for hydroxylation is 1. The van der Waals surface area contributed by atoms with E-state index in [0.717, 1.165) is 28.3 Å². The van der Waals surface area contributed by atoms with Gasteiger partial charge in [0.2, 0.25) is 0 Å². The van der Waals surface area contributed by atoms with Gasteiger partial charge >= 0.3 is 0 Å². The fraction of sp³-hybridized carbons (Fsp3) is 0.294. The number of hydrogen-bond acceptors (Lipinski definition) is 1. The monoisotopic (exact) mass is 268 g/mol. The number of rotatable bonds is 7. The van der Waals surface area contributed by atoms with Gasteiger partial charge in [-0.2, -0.15) is 0 Å². The van der Waals surface area contributed by atoms with Gasteiger partial charge in [-0.05, 0) is 25.5 Å². The second-order valence-corrected chi connectivity index (χ2v) is 6.09. The molecule has 0 saturated heterocycles. The first-order valence-corrected chi connectivity index (χ1v) is 8.04. The minimum absolute atomic E-state index is 0.822. The standard InChI is InChI=1S/C17H20OSi/c1-15-9-11-16(12-10-15)18-13-5-6-14-19-17-7-3-2-4-8-17/h2-4,7-12H,5-6,13-14H2,1H3. The number of benzene rings is 2. The van der Waals surface area contributed by atoms with E-state index in [0.29, 0.717) is 0 Å². The summed E-state index contributed by atoms with van der Waals surface area (Å²) in [5.41, 5.74) is 1.27. The topological polar surface area (TPSA) is 9.23 Å². The average molecular weight is 268 g/mol. The van der Waals surface area contributed by atoms with Crippen LogP contribution in [0.5, 0.6) is 5.75 Å². The Hall–Kier alpha value is -1.54. The van der Waals surface area contributed by atoms with Crippen LogP contribution >= 0.6 is 0 Å². The van der Waals surface area contributed by atoms with Crippen molar-refractivity contribution in [3.63, 3.8) is 0 Å². The summed E-state index contributed by atoms with van der Waals surface area (Å²) in [4.78, 5) is 0. The summed E-state index contributed by atoms with van der Waals surface area (Å²) >= 11 is 0. The maximum Gasteiger partial charge on any atom is 0.119 e. The fourth-order valence-corrected chi connectivity index (χ4v) is 2.98. The molecule has 0 spiro atoms. The summed E-state index contributed by atoms with van der Waals surface area (Å²) in [5, 5.41) is 1.46. The van der Waals surface area contributed by atoms with E-state index >= 15 is 0 Å². The SMILES string of the molecule is Cc1ccc(OCCCC[Si]c2ccccc2)cc1. The van der Waals surface area contributed by atoms with Crippen LogP contribution in [0.3, 0.4) is 0 Å². The molecule has 98 valence electrons. The molecule has 0 atom stereocenters. The predicted octanol–water partition coefficient (Wildman–Crippen LogP) is 3.60. The molecule has 19 heavy (non-hydrogen) atoms. The molecule has 0 bridgehead atoms. The van der Waals surface area contributed by atoms with Gasteiger partial charge < -0.3 is 4.74 Å². The summed E-state index contributed by atoms with van der Waals surface area (Å²) in [5.74, 6) is 0.983. The zero-order valence-corrected chi connectivity index (χ0v) is 12.4. The molecule has 2 radical (unpaired) electrons. The first-order chi connectivity index (χ1) is 9.34. The minimum atomic E-state index is 0.822. The molecule has 2 aromatic carbocycles. The molecular formula is C17H20OSi. The largest absolute Gasteiger partial charge is 0.494 e. The highest BCUT2D eigenvalue weighted by Gasteiger charge is 1.96. The Morgan fingerprint density at radius 2 is 1.63 bits per heavy atom. The molecule has 1 nitrogen and oxygen atoms in total. The number of hydrogen-bond donors (Lipinski definition) is 0. The zero-order valence-electron chi connectivity index (χ0n) is 11.4. The summed E-state index contributed by atoms with van der Waals surface area (Å²) in [6.45, 7) is 2.91. The molecule has 0 N–H and O–H groups in total. The Balaban J connectivity index is 1.56. The Morgan fingerprint density at radius 3 is 2.37 bits per heavy atom.